The second kappa shape index (κ2) is 26.6. The van der Waals surface area contributed by atoms with Crippen LogP contribution in [0.3, 0.4) is 0 Å². The second-order valence-electron chi connectivity index (χ2n) is 16.8. The van der Waals surface area contributed by atoms with E-state index in [1.54, 1.807) is 24.3 Å². The fraction of sp³-hybridized carbons (Fsp3) is 0.690. The number of hydrazine groups is 1. The Kier molecular flexibility index (Phi) is 22.9. The summed E-state index contributed by atoms with van der Waals surface area (Å²) in [7, 11) is 1.32. The third kappa shape index (κ3) is 21.1. The molecule has 0 aliphatic heterocycles. The monoisotopic (exact) mass is 865 g/mol. The van der Waals surface area contributed by atoms with Crippen LogP contribution >= 0.6 is 0 Å². The van der Waals surface area contributed by atoms with E-state index < -0.39 is 41.2 Å². The van der Waals surface area contributed by atoms with E-state index >= 15 is 0 Å². The zero-order valence-corrected chi connectivity index (χ0v) is 37.1. The van der Waals surface area contributed by atoms with Gasteiger partial charge in [-0.25, -0.2) is 15.4 Å². The maximum Gasteiger partial charge on any atom is 0.506 e. The normalized spacial score (nSPS) is 17.9. The molecule has 2 aliphatic rings. The summed E-state index contributed by atoms with van der Waals surface area (Å²) in [5.74, 6) is 6.75. The lowest BCUT2D eigenvalue weighted by Gasteiger charge is -2.40. The number of hydrogen-bond acceptors (Lipinski definition) is 14. The van der Waals surface area contributed by atoms with Crippen molar-refractivity contribution in [3.8, 4) is 0 Å². The van der Waals surface area contributed by atoms with Gasteiger partial charge in [-0.3, -0.25) is 14.4 Å². The first-order valence-electron chi connectivity index (χ1n) is 20.9. The average molecular weight is 865 g/mol. The van der Waals surface area contributed by atoms with Crippen molar-refractivity contribution in [2.24, 2.45) is 35.1 Å². The third-order valence-electron chi connectivity index (χ3n) is 10.3. The molecule has 3 rings (SSSR count). The number of nitrogens with one attached hydrogen (secondary N) is 4. The summed E-state index contributed by atoms with van der Waals surface area (Å²) in [5, 5.41) is 21.0. The largest absolute Gasteiger partial charge is 0.506 e. The summed E-state index contributed by atoms with van der Waals surface area (Å²) in [6.45, 7) is 14.4. The first-order valence-corrected chi connectivity index (χ1v) is 20.9. The fourth-order valence-corrected chi connectivity index (χ4v) is 6.54. The first-order chi connectivity index (χ1) is 28.8. The van der Waals surface area contributed by atoms with E-state index in [2.05, 4.69) is 44.6 Å². The number of alkyl carbamates (subject to hydrolysis) is 1. The molecule has 11 N–H and O–H groups in total. The van der Waals surface area contributed by atoms with Gasteiger partial charge < -0.3 is 66.5 Å². The van der Waals surface area contributed by atoms with Crippen molar-refractivity contribution in [2.45, 2.75) is 110 Å². The lowest BCUT2D eigenvalue weighted by Crippen LogP contribution is -2.52. The highest BCUT2D eigenvalue weighted by Gasteiger charge is 2.39. The SMILES string of the molecule is CC(C)C(NC(=O)CC(C)(C)OCCC(C)(C)N(N)/C1=C(\N)CCC2CC2CC1)C(=O)NCC(=O)Nc1ccc(COC(=O)O)cc1.COC(=O)NCCOCCOCCN. The molecule has 2 aliphatic carbocycles. The van der Waals surface area contributed by atoms with E-state index in [1.807, 2.05) is 32.7 Å². The predicted octanol–water partition coefficient (Wildman–Crippen LogP) is 3.32. The van der Waals surface area contributed by atoms with Gasteiger partial charge in [0, 0.05) is 36.8 Å². The number of nitrogens with zero attached hydrogens (tertiary/aromatic N) is 1. The number of methoxy groups -OCH3 is 1. The number of nitrogens with two attached hydrogens (primary N) is 3. The topological polar surface area (TPSA) is 281 Å². The van der Waals surface area contributed by atoms with Crippen LogP contribution in [0.2, 0.25) is 0 Å². The Morgan fingerprint density at radius 1 is 0.902 bits per heavy atom. The molecule has 1 aromatic rings. The van der Waals surface area contributed by atoms with Gasteiger partial charge >= 0.3 is 12.2 Å². The number of carboxylic acid groups (broad SMARTS) is 1. The molecular formula is C42H72N8O11. The molecule has 0 bridgehead atoms. The molecule has 0 heterocycles. The Balaban J connectivity index is 0.000000780. The molecule has 0 radical (unpaired) electrons. The van der Waals surface area contributed by atoms with E-state index in [0.717, 1.165) is 48.9 Å². The third-order valence-corrected chi connectivity index (χ3v) is 10.3. The Hall–Kier alpha value is -4.69. The van der Waals surface area contributed by atoms with Crippen molar-refractivity contribution in [1.29, 1.82) is 0 Å². The van der Waals surface area contributed by atoms with Gasteiger partial charge in [0.2, 0.25) is 17.7 Å². The van der Waals surface area contributed by atoms with Gasteiger partial charge in [-0.05, 0) is 102 Å². The highest BCUT2D eigenvalue weighted by molar-refractivity contribution is 5.96. The van der Waals surface area contributed by atoms with Crippen LogP contribution in [0.25, 0.3) is 0 Å². The molecule has 19 nitrogen and oxygen atoms in total. The lowest BCUT2D eigenvalue weighted by atomic mass is 9.95. The Bertz CT molecular complexity index is 1570. The van der Waals surface area contributed by atoms with Crippen molar-refractivity contribution in [1.82, 2.24) is 21.0 Å². The van der Waals surface area contributed by atoms with E-state index in [4.69, 9.17) is 36.6 Å². The van der Waals surface area contributed by atoms with Crippen LogP contribution in [-0.4, -0.2) is 117 Å². The van der Waals surface area contributed by atoms with Gasteiger partial charge in [0.05, 0.1) is 57.6 Å². The highest BCUT2D eigenvalue weighted by Crippen LogP contribution is 2.48. The van der Waals surface area contributed by atoms with E-state index in [1.165, 1.54) is 13.5 Å². The average Bonchev–Trinajstić information content (AvgIpc) is 3.95. The zero-order chi connectivity index (χ0) is 45.6. The number of rotatable bonds is 24. The number of ether oxygens (including phenoxy) is 5. The van der Waals surface area contributed by atoms with Gasteiger partial charge in [0.25, 0.3) is 0 Å². The van der Waals surface area contributed by atoms with E-state index in [0.29, 0.717) is 63.8 Å². The molecule has 1 aromatic carbocycles. The van der Waals surface area contributed by atoms with Crippen molar-refractivity contribution < 1.29 is 52.8 Å². The number of carbonyl (C=O) groups is 5. The van der Waals surface area contributed by atoms with Crippen LogP contribution in [0, 0.1) is 17.8 Å². The summed E-state index contributed by atoms with van der Waals surface area (Å²) < 4.78 is 25.2. The molecule has 0 saturated heterocycles. The van der Waals surface area contributed by atoms with Gasteiger partial charge in [-0.2, -0.15) is 0 Å². The molecule has 3 unspecified atom stereocenters. The molecule has 3 atom stereocenters. The number of hydrogen-bond donors (Lipinski definition) is 8. The van der Waals surface area contributed by atoms with E-state index in [9.17, 15) is 24.0 Å². The van der Waals surface area contributed by atoms with Gasteiger partial charge in [-0.15, -0.1) is 0 Å². The summed E-state index contributed by atoms with van der Waals surface area (Å²) in [6, 6.07) is 5.59. The molecular weight excluding hydrogens is 793 g/mol. The highest BCUT2D eigenvalue weighted by atomic mass is 16.7. The Labute approximate surface area is 360 Å². The first kappa shape index (κ1) is 52.4. The minimum Gasteiger partial charge on any atom is -0.453 e. The molecule has 4 amide bonds. The molecule has 0 spiro atoms. The molecule has 19 heteroatoms. The quantitative estimate of drug-likeness (QED) is 0.0320. The van der Waals surface area contributed by atoms with Crippen molar-refractivity contribution >= 4 is 35.7 Å². The molecule has 0 aromatic heterocycles. The number of anilines is 1. The number of allylic oxidation sites excluding steroid dienone is 2. The molecule has 61 heavy (non-hydrogen) atoms. The van der Waals surface area contributed by atoms with Crippen LogP contribution in [0.5, 0.6) is 0 Å². The van der Waals surface area contributed by atoms with Gasteiger partial charge in [0.1, 0.15) is 12.6 Å². The van der Waals surface area contributed by atoms with Gasteiger partial charge in [0.15, 0.2) is 0 Å². The van der Waals surface area contributed by atoms with Crippen LogP contribution in [-0.2, 0) is 44.7 Å². The van der Waals surface area contributed by atoms with Gasteiger partial charge in [-0.1, -0.05) is 26.0 Å². The Morgan fingerprint density at radius 2 is 1.54 bits per heavy atom. The molecule has 1 saturated carbocycles. The number of carbonyl (C=O) groups excluding carboxylic acids is 4. The lowest BCUT2D eigenvalue weighted by molar-refractivity contribution is -0.134. The predicted molar refractivity (Wildman–Crippen MR) is 229 cm³/mol. The maximum atomic E-state index is 13.0. The number of benzene rings is 1. The summed E-state index contributed by atoms with van der Waals surface area (Å²) in [4.78, 5) is 59.5. The fourth-order valence-electron chi connectivity index (χ4n) is 6.54. The van der Waals surface area contributed by atoms with Crippen LogP contribution in [0.1, 0.15) is 92.1 Å². The van der Waals surface area contributed by atoms with Crippen LogP contribution < -0.4 is 38.6 Å². The van der Waals surface area contributed by atoms with Crippen molar-refractivity contribution in [2.75, 3.05) is 65.1 Å². The van der Waals surface area contributed by atoms with Crippen molar-refractivity contribution in [3.63, 3.8) is 0 Å². The minimum atomic E-state index is -1.37. The zero-order valence-electron chi connectivity index (χ0n) is 37.1. The minimum absolute atomic E-state index is 0.0326. The van der Waals surface area contributed by atoms with E-state index in [-0.39, 0.29) is 31.4 Å². The number of amides is 4. The Morgan fingerprint density at radius 3 is 2.15 bits per heavy atom. The second-order valence-corrected chi connectivity index (χ2v) is 16.8. The number of fused-ring (bicyclic) bond motifs is 1. The standard InChI is InChI=1S/C34H54N6O7.C8H18N2O4/c1-21(2)30(31(43)37-19-29(42)38-25-11-7-22(8-12-25)20-46-32(44)45)39-28(41)18-34(5,6)47-16-15-33(3,4)40(36)27-14-10-24-17-23(24)9-13-26(27)35;1-12-8(11)10-3-5-14-7-6-13-4-2-9/h7-8,11-12,21,23-24,30H,9-10,13-20,35-36H2,1-6H3,(H,37,43)(H,38,42)(H,39,41)(H,44,45);2-7,9H2,1H3,(H,10,11)/b27-26-;. The maximum absolute atomic E-state index is 13.0. The summed E-state index contributed by atoms with van der Waals surface area (Å²) in [5.41, 5.74) is 13.5. The summed E-state index contributed by atoms with van der Waals surface area (Å²) >= 11 is 0. The summed E-state index contributed by atoms with van der Waals surface area (Å²) in [6.07, 6.45) is 4.15. The smallest absolute Gasteiger partial charge is 0.453 e. The molecule has 346 valence electrons. The van der Waals surface area contributed by atoms with Crippen molar-refractivity contribution in [3.05, 3.63) is 41.2 Å². The van der Waals surface area contributed by atoms with Crippen LogP contribution in [0.15, 0.2) is 35.7 Å². The molecule has 1 fully saturated rings. The van der Waals surface area contributed by atoms with Crippen LogP contribution in [0.4, 0.5) is 15.3 Å².